The minimum atomic E-state index is -4.39. The molecule has 2 heterocycles. The molecular weight excluding hydrogens is 443 g/mol. The van der Waals surface area contributed by atoms with Gasteiger partial charge in [0.25, 0.3) is 5.91 Å². The summed E-state index contributed by atoms with van der Waals surface area (Å²) in [5, 5.41) is 2.85. The monoisotopic (exact) mass is 467 g/mol. The lowest BCUT2D eigenvalue weighted by atomic mass is 9.86. The molecule has 176 valence electrons. The first-order valence-corrected chi connectivity index (χ1v) is 11.1. The first-order chi connectivity index (χ1) is 16.4. The van der Waals surface area contributed by atoms with E-state index in [-0.39, 0.29) is 5.91 Å². The summed E-state index contributed by atoms with van der Waals surface area (Å²) in [4.78, 5) is 21.5. The zero-order valence-electron chi connectivity index (χ0n) is 18.4. The van der Waals surface area contributed by atoms with Crippen LogP contribution in [0.2, 0.25) is 0 Å². The van der Waals surface area contributed by atoms with Crippen LogP contribution in [-0.2, 0) is 17.4 Å². The number of halogens is 3. The normalized spacial score (nSPS) is 14.1. The molecule has 0 saturated carbocycles. The van der Waals surface area contributed by atoms with Gasteiger partial charge in [0.05, 0.1) is 24.1 Å². The van der Waals surface area contributed by atoms with Gasteiger partial charge >= 0.3 is 6.18 Å². The zero-order valence-corrected chi connectivity index (χ0v) is 18.4. The molecule has 4 rings (SSSR count). The van der Waals surface area contributed by atoms with Crippen LogP contribution in [-0.4, -0.2) is 22.5 Å². The van der Waals surface area contributed by atoms with Gasteiger partial charge in [0, 0.05) is 30.0 Å². The number of alkyl halides is 3. The number of benzene rings is 1. The number of anilines is 1. The van der Waals surface area contributed by atoms with Gasteiger partial charge in [-0.15, -0.1) is 0 Å². The van der Waals surface area contributed by atoms with Gasteiger partial charge in [-0.05, 0) is 67.2 Å². The summed E-state index contributed by atoms with van der Waals surface area (Å²) < 4.78 is 44.3. The van der Waals surface area contributed by atoms with Crippen molar-refractivity contribution in [2.75, 3.05) is 11.9 Å². The minimum Gasteiger partial charge on any atom is -0.477 e. The maximum Gasteiger partial charge on any atom is 0.416 e. The highest BCUT2D eigenvalue weighted by molar-refractivity contribution is 6.09. The maximum atomic E-state index is 13.0. The Hall–Kier alpha value is -3.68. The van der Waals surface area contributed by atoms with Gasteiger partial charge in [-0.2, -0.15) is 13.2 Å². The summed E-state index contributed by atoms with van der Waals surface area (Å²) >= 11 is 0. The number of hydrogen-bond acceptors (Lipinski definition) is 4. The molecule has 1 N–H and O–H groups in total. The quantitative estimate of drug-likeness (QED) is 0.457. The van der Waals surface area contributed by atoms with Crippen LogP contribution in [0.5, 0.6) is 5.88 Å². The molecule has 34 heavy (non-hydrogen) atoms. The Labute approximate surface area is 195 Å². The Bertz CT molecular complexity index is 1140. The topological polar surface area (TPSA) is 64.1 Å². The number of ether oxygens (including phenoxy) is 1. The third-order valence-corrected chi connectivity index (χ3v) is 5.63. The first-order valence-electron chi connectivity index (χ1n) is 11.1. The molecule has 0 saturated heterocycles. The van der Waals surface area contributed by atoms with E-state index in [1.54, 1.807) is 18.3 Å². The summed E-state index contributed by atoms with van der Waals surface area (Å²) in [6.07, 6.45) is 2.49. The van der Waals surface area contributed by atoms with E-state index in [4.69, 9.17) is 4.74 Å². The van der Waals surface area contributed by atoms with Crippen molar-refractivity contribution in [3.63, 3.8) is 0 Å². The van der Waals surface area contributed by atoms with Crippen LogP contribution in [0, 0.1) is 0 Å². The fourth-order valence-electron chi connectivity index (χ4n) is 3.89. The molecule has 1 aliphatic carbocycles. The molecule has 8 heteroatoms. The fraction of sp³-hybridized carbons (Fsp3) is 0.269. The molecule has 0 radical (unpaired) electrons. The van der Waals surface area contributed by atoms with Gasteiger partial charge in [-0.25, -0.2) is 4.98 Å². The average Bonchev–Trinajstić information content (AvgIpc) is 2.85. The first kappa shape index (κ1) is 23.5. The number of nitrogens with one attached hydrogen (secondary N) is 1. The van der Waals surface area contributed by atoms with Gasteiger partial charge in [-0.1, -0.05) is 18.2 Å². The summed E-state index contributed by atoms with van der Waals surface area (Å²) in [5.41, 5.74) is 2.78. The van der Waals surface area contributed by atoms with Gasteiger partial charge in [0.2, 0.25) is 5.88 Å². The second kappa shape index (κ2) is 10.5. The van der Waals surface area contributed by atoms with Crippen LogP contribution < -0.4 is 10.1 Å². The predicted octanol–water partition coefficient (Wildman–Crippen LogP) is 6.08. The number of amides is 1. The Balaban J connectivity index is 1.40. The van der Waals surface area contributed by atoms with E-state index >= 15 is 0 Å². The summed E-state index contributed by atoms with van der Waals surface area (Å²) in [6.45, 7) is 0.430. The number of aromatic nitrogens is 2. The van der Waals surface area contributed by atoms with Crippen LogP contribution in [0.15, 0.2) is 72.6 Å². The molecule has 5 nitrogen and oxygen atoms in total. The van der Waals surface area contributed by atoms with Crippen molar-refractivity contribution in [2.24, 2.45) is 0 Å². The molecule has 2 aromatic heterocycles. The van der Waals surface area contributed by atoms with Gasteiger partial charge in [-0.3, -0.25) is 9.78 Å². The van der Waals surface area contributed by atoms with Crippen LogP contribution in [0.4, 0.5) is 18.9 Å². The van der Waals surface area contributed by atoms with Gasteiger partial charge < -0.3 is 10.1 Å². The third kappa shape index (κ3) is 6.01. The standard InChI is InChI=1S/C26H24F3N3O2/c27-26(28,29)19-10-8-18(9-11-19)22-6-1-2-7-23(22)25(33)32-21-12-13-24(31-17-21)34-16-14-20-5-3-4-15-30-20/h3-5,8-13,15,17H,1-2,6-7,14,16H2,(H,32,33). The summed E-state index contributed by atoms with van der Waals surface area (Å²) in [5.74, 6) is 0.177. The van der Waals surface area contributed by atoms with E-state index in [9.17, 15) is 18.0 Å². The van der Waals surface area contributed by atoms with Crippen LogP contribution >= 0.6 is 0 Å². The average molecular weight is 467 g/mol. The predicted molar refractivity (Wildman–Crippen MR) is 123 cm³/mol. The molecule has 1 aliphatic rings. The van der Waals surface area contributed by atoms with Gasteiger partial charge in [0.1, 0.15) is 0 Å². The van der Waals surface area contributed by atoms with E-state index < -0.39 is 11.7 Å². The van der Waals surface area contributed by atoms with Crippen molar-refractivity contribution in [3.8, 4) is 5.88 Å². The highest BCUT2D eigenvalue weighted by atomic mass is 19.4. The molecule has 0 atom stereocenters. The molecule has 0 bridgehead atoms. The second-order valence-electron chi connectivity index (χ2n) is 8.00. The van der Waals surface area contributed by atoms with Crippen molar-refractivity contribution in [2.45, 2.75) is 38.3 Å². The molecule has 1 amide bonds. The number of nitrogens with zero attached hydrogens (tertiary/aromatic N) is 2. The molecule has 3 aromatic rings. The Morgan fingerprint density at radius 2 is 1.76 bits per heavy atom. The highest BCUT2D eigenvalue weighted by Crippen LogP contribution is 2.35. The number of carbonyl (C=O) groups excluding carboxylic acids is 1. The Morgan fingerprint density at radius 3 is 2.44 bits per heavy atom. The maximum absolute atomic E-state index is 13.0. The third-order valence-electron chi connectivity index (χ3n) is 5.63. The SMILES string of the molecule is O=C(Nc1ccc(OCCc2ccccn2)nc1)C1=C(c2ccc(C(F)(F)F)cc2)CCCC1. The second-order valence-corrected chi connectivity index (χ2v) is 8.00. The van der Waals surface area contributed by atoms with E-state index in [0.717, 1.165) is 36.2 Å². The number of carbonyl (C=O) groups is 1. The minimum absolute atomic E-state index is 0.264. The van der Waals surface area contributed by atoms with Gasteiger partial charge in [0.15, 0.2) is 0 Å². The van der Waals surface area contributed by atoms with E-state index in [0.29, 0.717) is 48.6 Å². The molecule has 0 fully saturated rings. The van der Waals surface area contributed by atoms with Crippen molar-refractivity contribution in [1.29, 1.82) is 0 Å². The molecule has 0 spiro atoms. The largest absolute Gasteiger partial charge is 0.477 e. The lowest BCUT2D eigenvalue weighted by Gasteiger charge is -2.21. The lowest BCUT2D eigenvalue weighted by molar-refractivity contribution is -0.137. The zero-order chi connectivity index (χ0) is 24.0. The Morgan fingerprint density at radius 1 is 0.971 bits per heavy atom. The summed E-state index contributed by atoms with van der Waals surface area (Å²) in [7, 11) is 0. The Kier molecular flexibility index (Phi) is 7.25. The van der Waals surface area contributed by atoms with Crippen molar-refractivity contribution >= 4 is 17.2 Å². The number of pyridine rings is 2. The fourth-order valence-corrected chi connectivity index (χ4v) is 3.89. The lowest BCUT2D eigenvalue weighted by Crippen LogP contribution is -2.18. The number of rotatable bonds is 7. The van der Waals surface area contributed by atoms with Crippen molar-refractivity contribution in [3.05, 3.63) is 89.4 Å². The number of allylic oxidation sites excluding steroid dienone is 1. The number of hydrogen-bond donors (Lipinski definition) is 1. The smallest absolute Gasteiger partial charge is 0.416 e. The van der Waals surface area contributed by atoms with Crippen LogP contribution in [0.25, 0.3) is 5.57 Å². The summed E-state index contributed by atoms with van der Waals surface area (Å²) in [6, 6.07) is 14.1. The van der Waals surface area contributed by atoms with E-state index in [1.807, 2.05) is 18.2 Å². The van der Waals surface area contributed by atoms with Crippen molar-refractivity contribution < 1.29 is 22.7 Å². The molecule has 0 aliphatic heterocycles. The molecule has 1 aromatic carbocycles. The van der Waals surface area contributed by atoms with Crippen LogP contribution in [0.1, 0.15) is 42.5 Å². The molecule has 0 unspecified atom stereocenters. The van der Waals surface area contributed by atoms with Crippen molar-refractivity contribution in [1.82, 2.24) is 9.97 Å². The van der Waals surface area contributed by atoms with Crippen LogP contribution in [0.3, 0.4) is 0 Å². The van der Waals surface area contributed by atoms with E-state index in [2.05, 4.69) is 15.3 Å². The van der Waals surface area contributed by atoms with E-state index in [1.165, 1.54) is 18.3 Å². The molecular formula is C26H24F3N3O2. The highest BCUT2D eigenvalue weighted by Gasteiger charge is 2.30.